The molecule has 0 saturated carbocycles. The lowest BCUT2D eigenvalue weighted by Gasteiger charge is -2.52. The van der Waals surface area contributed by atoms with Crippen LogP contribution in [-0.2, 0) is 14.2 Å². The smallest absolute Gasteiger partial charge is 0.178 e. The van der Waals surface area contributed by atoms with Gasteiger partial charge < -0.3 is 14.2 Å². The fraction of sp³-hybridized carbons (Fsp3) is 0.600. The van der Waals surface area contributed by atoms with Crippen molar-refractivity contribution in [2.24, 2.45) is 0 Å². The molecule has 2 heterocycles. The van der Waals surface area contributed by atoms with Crippen LogP contribution in [-0.4, -0.2) is 36.5 Å². The molecule has 2 saturated heterocycles. The standard InChI is InChI=1S/C30H38Cl2F2O3/c31-19-5-7-27(23-9-13-25(33)14-10-23)29(17-1-3-21-35-29)37-30(18-2-4-22-36-30)28(8-6-20-32)24-11-15-26(34)16-12-24/h9-16,27-28H,1-8,17-22H2. The number of rotatable bonds is 12. The van der Waals surface area contributed by atoms with Crippen molar-refractivity contribution in [2.45, 2.75) is 87.6 Å². The summed E-state index contributed by atoms with van der Waals surface area (Å²) in [5, 5.41) is 0. The summed E-state index contributed by atoms with van der Waals surface area (Å²) in [6.07, 6.45) is 8.27. The highest BCUT2D eigenvalue weighted by molar-refractivity contribution is 6.18. The Morgan fingerprint density at radius 3 is 1.41 bits per heavy atom. The number of halogens is 4. The number of benzene rings is 2. The first-order valence-electron chi connectivity index (χ1n) is 13.6. The first kappa shape index (κ1) is 28.8. The lowest BCUT2D eigenvalue weighted by Crippen LogP contribution is -2.56. The molecule has 0 N–H and O–H groups in total. The molecule has 2 aromatic rings. The van der Waals surface area contributed by atoms with Crippen LogP contribution < -0.4 is 0 Å². The molecular formula is C30H38Cl2F2O3. The van der Waals surface area contributed by atoms with Gasteiger partial charge in [-0.2, -0.15) is 0 Å². The van der Waals surface area contributed by atoms with E-state index in [0.717, 1.165) is 62.5 Å². The van der Waals surface area contributed by atoms with E-state index in [9.17, 15) is 8.78 Å². The Morgan fingerprint density at radius 1 is 0.676 bits per heavy atom. The van der Waals surface area contributed by atoms with E-state index >= 15 is 0 Å². The quantitative estimate of drug-likeness (QED) is 0.245. The summed E-state index contributed by atoms with van der Waals surface area (Å²) in [7, 11) is 0. The van der Waals surface area contributed by atoms with E-state index < -0.39 is 11.6 Å². The topological polar surface area (TPSA) is 27.7 Å². The average molecular weight is 556 g/mol. The number of ether oxygens (including phenoxy) is 3. The zero-order valence-electron chi connectivity index (χ0n) is 21.4. The van der Waals surface area contributed by atoms with Gasteiger partial charge in [-0.3, -0.25) is 0 Å². The summed E-state index contributed by atoms with van der Waals surface area (Å²) in [4.78, 5) is 0. The third-order valence-corrected chi connectivity index (χ3v) is 8.27. The SMILES string of the molecule is Fc1ccc(C(CCCCl)C2(OC3(C(CCCCl)c4ccc(F)cc4)CCCCO3)CCCCO2)cc1. The second-order valence-corrected chi connectivity index (χ2v) is 11.0. The number of hydrogen-bond acceptors (Lipinski definition) is 3. The minimum atomic E-state index is -0.946. The number of hydrogen-bond donors (Lipinski definition) is 0. The molecule has 2 aliphatic heterocycles. The van der Waals surface area contributed by atoms with Crippen LogP contribution in [0.15, 0.2) is 48.5 Å². The molecule has 3 nitrogen and oxygen atoms in total. The molecule has 0 bridgehead atoms. The molecule has 4 unspecified atom stereocenters. The number of alkyl halides is 2. The van der Waals surface area contributed by atoms with Crippen molar-refractivity contribution in [3.8, 4) is 0 Å². The highest BCUT2D eigenvalue weighted by atomic mass is 35.5. The first-order valence-corrected chi connectivity index (χ1v) is 14.7. The van der Waals surface area contributed by atoms with Crippen LogP contribution in [0.2, 0.25) is 0 Å². The van der Waals surface area contributed by atoms with Crippen LogP contribution in [0.1, 0.15) is 87.2 Å². The molecule has 0 radical (unpaired) electrons. The summed E-state index contributed by atoms with van der Waals surface area (Å²) in [6.45, 7) is 1.16. The van der Waals surface area contributed by atoms with Gasteiger partial charge in [0.2, 0.25) is 0 Å². The Balaban J connectivity index is 1.78. The predicted octanol–water partition coefficient (Wildman–Crippen LogP) is 8.68. The van der Waals surface area contributed by atoms with Crippen LogP contribution in [0.25, 0.3) is 0 Å². The second kappa shape index (κ2) is 13.7. The summed E-state index contributed by atoms with van der Waals surface area (Å²) >= 11 is 12.3. The highest BCUT2D eigenvalue weighted by Gasteiger charge is 2.53. The molecule has 4 atom stereocenters. The zero-order chi connectivity index (χ0) is 26.1. The summed E-state index contributed by atoms with van der Waals surface area (Å²) < 4.78 is 48.3. The fourth-order valence-corrected chi connectivity index (χ4v) is 6.27. The Hall–Kier alpha value is -1.24. The van der Waals surface area contributed by atoms with E-state index in [1.165, 1.54) is 24.3 Å². The summed E-state index contributed by atoms with van der Waals surface area (Å²) in [6, 6.07) is 13.3. The molecule has 2 fully saturated rings. The fourth-order valence-electron chi connectivity index (χ4n) is 5.96. The Labute approximate surface area is 229 Å². The Kier molecular flexibility index (Phi) is 10.7. The predicted molar refractivity (Wildman–Crippen MR) is 144 cm³/mol. The molecule has 204 valence electrons. The molecule has 4 rings (SSSR count). The van der Waals surface area contributed by atoms with Crippen molar-refractivity contribution in [2.75, 3.05) is 25.0 Å². The van der Waals surface area contributed by atoms with Crippen LogP contribution in [0.3, 0.4) is 0 Å². The van der Waals surface area contributed by atoms with Gasteiger partial charge in [-0.15, -0.1) is 23.2 Å². The normalized spacial score (nSPS) is 26.1. The van der Waals surface area contributed by atoms with Crippen molar-refractivity contribution in [1.29, 1.82) is 0 Å². The molecule has 37 heavy (non-hydrogen) atoms. The summed E-state index contributed by atoms with van der Waals surface area (Å²) in [5.41, 5.74) is 1.94. The van der Waals surface area contributed by atoms with E-state index in [4.69, 9.17) is 37.4 Å². The largest absolute Gasteiger partial charge is 0.349 e. The zero-order valence-corrected chi connectivity index (χ0v) is 22.9. The third kappa shape index (κ3) is 7.05. The van der Waals surface area contributed by atoms with Crippen molar-refractivity contribution in [3.05, 3.63) is 71.3 Å². The van der Waals surface area contributed by atoms with Crippen LogP contribution in [0.4, 0.5) is 8.78 Å². The molecule has 7 heteroatoms. The van der Waals surface area contributed by atoms with Gasteiger partial charge in [0.25, 0.3) is 0 Å². The molecule has 2 aromatic carbocycles. The highest BCUT2D eigenvalue weighted by Crippen LogP contribution is 2.51. The average Bonchev–Trinajstić information content (AvgIpc) is 2.92. The van der Waals surface area contributed by atoms with Crippen molar-refractivity contribution < 1.29 is 23.0 Å². The van der Waals surface area contributed by atoms with E-state index in [-0.39, 0.29) is 23.5 Å². The molecule has 0 aliphatic carbocycles. The Morgan fingerprint density at radius 2 is 1.08 bits per heavy atom. The molecular weight excluding hydrogens is 517 g/mol. The maximum atomic E-state index is 13.9. The van der Waals surface area contributed by atoms with E-state index in [0.29, 0.717) is 37.8 Å². The van der Waals surface area contributed by atoms with Gasteiger partial charge in [0.05, 0.1) is 13.2 Å². The van der Waals surface area contributed by atoms with E-state index in [1.807, 2.05) is 24.3 Å². The molecule has 2 aliphatic rings. The summed E-state index contributed by atoms with van der Waals surface area (Å²) in [5.74, 6) is -1.69. The van der Waals surface area contributed by atoms with Crippen molar-refractivity contribution in [3.63, 3.8) is 0 Å². The van der Waals surface area contributed by atoms with Gasteiger partial charge in [0.1, 0.15) is 11.6 Å². The van der Waals surface area contributed by atoms with Gasteiger partial charge in [-0.25, -0.2) is 8.78 Å². The minimum absolute atomic E-state index is 0.142. The van der Waals surface area contributed by atoms with Gasteiger partial charge in [0, 0.05) is 36.4 Å². The van der Waals surface area contributed by atoms with Gasteiger partial charge in [0.15, 0.2) is 11.6 Å². The third-order valence-electron chi connectivity index (χ3n) is 7.74. The monoisotopic (exact) mass is 554 g/mol. The maximum Gasteiger partial charge on any atom is 0.178 e. The lowest BCUT2D eigenvalue weighted by molar-refractivity contribution is -0.391. The van der Waals surface area contributed by atoms with Gasteiger partial charge in [-0.05, 0) is 86.8 Å². The maximum absolute atomic E-state index is 13.9. The second-order valence-electron chi connectivity index (χ2n) is 10.2. The van der Waals surface area contributed by atoms with E-state index in [1.54, 1.807) is 0 Å². The molecule has 0 amide bonds. The van der Waals surface area contributed by atoms with Crippen molar-refractivity contribution >= 4 is 23.2 Å². The van der Waals surface area contributed by atoms with Crippen LogP contribution in [0.5, 0.6) is 0 Å². The van der Waals surface area contributed by atoms with Gasteiger partial charge >= 0.3 is 0 Å². The Bertz CT molecular complexity index is 865. The van der Waals surface area contributed by atoms with Gasteiger partial charge in [-0.1, -0.05) is 24.3 Å². The first-order chi connectivity index (χ1) is 18.0. The minimum Gasteiger partial charge on any atom is -0.349 e. The molecule has 0 aromatic heterocycles. The van der Waals surface area contributed by atoms with Crippen LogP contribution >= 0.6 is 23.2 Å². The van der Waals surface area contributed by atoms with Crippen LogP contribution in [0, 0.1) is 11.6 Å². The van der Waals surface area contributed by atoms with E-state index in [2.05, 4.69) is 0 Å². The molecule has 0 spiro atoms. The lowest BCUT2D eigenvalue weighted by atomic mass is 9.79. The van der Waals surface area contributed by atoms with Crippen molar-refractivity contribution in [1.82, 2.24) is 0 Å².